The molecule has 0 spiro atoms. The highest BCUT2D eigenvalue weighted by molar-refractivity contribution is 7.05. The third-order valence-corrected chi connectivity index (χ3v) is 3.11. The van der Waals surface area contributed by atoms with E-state index in [1.54, 1.807) is 0 Å². The SMILES string of the molecule is Nc1nsc(CCN2CCCC2)n1. The number of anilines is 1. The maximum atomic E-state index is 5.44. The minimum Gasteiger partial charge on any atom is -0.367 e. The summed E-state index contributed by atoms with van der Waals surface area (Å²) >= 11 is 1.42. The quantitative estimate of drug-likeness (QED) is 0.779. The molecule has 72 valence electrons. The molecule has 0 bridgehead atoms. The third kappa shape index (κ3) is 2.38. The van der Waals surface area contributed by atoms with E-state index in [4.69, 9.17) is 5.73 Å². The Bertz CT molecular complexity index is 267. The van der Waals surface area contributed by atoms with Gasteiger partial charge < -0.3 is 10.6 Å². The Labute approximate surface area is 81.9 Å². The van der Waals surface area contributed by atoms with Crippen molar-refractivity contribution in [3.05, 3.63) is 5.01 Å². The maximum absolute atomic E-state index is 5.44. The molecule has 0 radical (unpaired) electrons. The molecule has 1 aliphatic rings. The second-order valence-corrected chi connectivity index (χ2v) is 4.18. The summed E-state index contributed by atoms with van der Waals surface area (Å²) in [5.41, 5.74) is 5.44. The lowest BCUT2D eigenvalue weighted by Crippen LogP contribution is -2.21. The van der Waals surface area contributed by atoms with E-state index in [-0.39, 0.29) is 0 Å². The van der Waals surface area contributed by atoms with Crippen LogP contribution in [0.5, 0.6) is 0 Å². The lowest BCUT2D eigenvalue weighted by molar-refractivity contribution is 0.343. The molecular formula is C8H14N4S. The van der Waals surface area contributed by atoms with Gasteiger partial charge in [-0.25, -0.2) is 4.98 Å². The van der Waals surface area contributed by atoms with Gasteiger partial charge in [-0.05, 0) is 37.5 Å². The van der Waals surface area contributed by atoms with E-state index >= 15 is 0 Å². The van der Waals surface area contributed by atoms with E-state index in [1.807, 2.05) is 0 Å². The Hall–Kier alpha value is -0.680. The van der Waals surface area contributed by atoms with Gasteiger partial charge in [-0.15, -0.1) is 0 Å². The van der Waals surface area contributed by atoms with Gasteiger partial charge in [-0.3, -0.25) is 0 Å². The second kappa shape index (κ2) is 4.02. The summed E-state index contributed by atoms with van der Waals surface area (Å²) < 4.78 is 3.95. The van der Waals surface area contributed by atoms with Gasteiger partial charge in [-0.1, -0.05) is 0 Å². The van der Waals surface area contributed by atoms with E-state index in [0.29, 0.717) is 5.95 Å². The molecule has 0 aliphatic carbocycles. The predicted molar refractivity (Wildman–Crippen MR) is 53.7 cm³/mol. The number of nitrogens with zero attached hydrogens (tertiary/aromatic N) is 3. The van der Waals surface area contributed by atoms with Crippen LogP contribution in [0.25, 0.3) is 0 Å². The highest BCUT2D eigenvalue weighted by Crippen LogP contribution is 2.11. The molecule has 1 saturated heterocycles. The van der Waals surface area contributed by atoms with Gasteiger partial charge in [0.2, 0.25) is 5.95 Å². The Kier molecular flexibility index (Phi) is 2.75. The molecule has 1 fully saturated rings. The van der Waals surface area contributed by atoms with Gasteiger partial charge in [0.05, 0.1) is 0 Å². The molecule has 2 N–H and O–H groups in total. The smallest absolute Gasteiger partial charge is 0.232 e. The first kappa shape index (κ1) is 8.90. The van der Waals surface area contributed by atoms with Crippen LogP contribution in [0.2, 0.25) is 0 Å². The van der Waals surface area contributed by atoms with Crippen molar-refractivity contribution in [2.24, 2.45) is 0 Å². The number of hydrogen-bond donors (Lipinski definition) is 1. The molecule has 0 saturated carbocycles. The van der Waals surface area contributed by atoms with E-state index in [2.05, 4.69) is 14.3 Å². The minimum absolute atomic E-state index is 0.418. The summed E-state index contributed by atoms with van der Waals surface area (Å²) in [5, 5.41) is 1.06. The van der Waals surface area contributed by atoms with Gasteiger partial charge in [0.1, 0.15) is 5.01 Å². The van der Waals surface area contributed by atoms with Gasteiger partial charge in [-0.2, -0.15) is 4.37 Å². The molecule has 5 heteroatoms. The number of rotatable bonds is 3. The number of hydrogen-bond acceptors (Lipinski definition) is 5. The number of likely N-dealkylation sites (tertiary alicyclic amines) is 1. The molecule has 13 heavy (non-hydrogen) atoms. The van der Waals surface area contributed by atoms with Gasteiger partial charge >= 0.3 is 0 Å². The van der Waals surface area contributed by atoms with Crippen LogP contribution >= 0.6 is 11.5 Å². The fraction of sp³-hybridized carbons (Fsp3) is 0.750. The number of nitrogen functional groups attached to an aromatic ring is 1. The maximum Gasteiger partial charge on any atom is 0.232 e. The monoisotopic (exact) mass is 198 g/mol. The van der Waals surface area contributed by atoms with Crippen molar-refractivity contribution in [1.82, 2.24) is 14.3 Å². The van der Waals surface area contributed by atoms with Crippen LogP contribution in [0, 0.1) is 0 Å². The first-order valence-corrected chi connectivity index (χ1v) is 5.42. The zero-order valence-corrected chi connectivity index (χ0v) is 8.39. The molecule has 1 aromatic rings. The van der Waals surface area contributed by atoms with Crippen LogP contribution in [-0.2, 0) is 6.42 Å². The van der Waals surface area contributed by atoms with Crippen LogP contribution in [0.3, 0.4) is 0 Å². The highest BCUT2D eigenvalue weighted by atomic mass is 32.1. The average molecular weight is 198 g/mol. The van der Waals surface area contributed by atoms with E-state index in [9.17, 15) is 0 Å². The molecule has 1 aliphatic heterocycles. The Morgan fingerprint density at radius 3 is 2.77 bits per heavy atom. The van der Waals surface area contributed by atoms with Gasteiger partial charge in [0.15, 0.2) is 0 Å². The number of aromatic nitrogens is 2. The van der Waals surface area contributed by atoms with E-state index in [1.165, 1.54) is 37.5 Å². The lowest BCUT2D eigenvalue weighted by Gasteiger charge is -2.12. The standard InChI is InChI=1S/C8H14N4S/c9-8-10-7(13-11-8)3-6-12-4-1-2-5-12/h1-6H2,(H2,9,11). The summed E-state index contributed by atoms with van der Waals surface area (Å²) in [6.07, 6.45) is 3.69. The fourth-order valence-electron chi connectivity index (χ4n) is 1.63. The third-order valence-electron chi connectivity index (χ3n) is 2.32. The van der Waals surface area contributed by atoms with Crippen LogP contribution in [0.1, 0.15) is 17.8 Å². The van der Waals surface area contributed by atoms with Gasteiger partial charge in [0.25, 0.3) is 0 Å². The Morgan fingerprint density at radius 1 is 1.38 bits per heavy atom. The summed E-state index contributed by atoms with van der Waals surface area (Å²) in [4.78, 5) is 6.60. The molecular weight excluding hydrogens is 184 g/mol. The Balaban J connectivity index is 1.78. The first-order valence-electron chi connectivity index (χ1n) is 4.65. The van der Waals surface area contributed by atoms with Crippen molar-refractivity contribution >= 4 is 17.5 Å². The largest absolute Gasteiger partial charge is 0.367 e. The van der Waals surface area contributed by atoms with Crippen LogP contribution < -0.4 is 5.73 Å². The zero-order valence-electron chi connectivity index (χ0n) is 7.57. The van der Waals surface area contributed by atoms with Crippen molar-refractivity contribution in [3.8, 4) is 0 Å². The fourth-order valence-corrected chi connectivity index (χ4v) is 2.19. The summed E-state index contributed by atoms with van der Waals surface area (Å²) in [6.45, 7) is 3.59. The average Bonchev–Trinajstić information content (AvgIpc) is 2.71. The van der Waals surface area contributed by atoms with E-state index in [0.717, 1.165) is 18.0 Å². The van der Waals surface area contributed by atoms with Crippen LogP contribution in [0.4, 0.5) is 5.95 Å². The highest BCUT2D eigenvalue weighted by Gasteiger charge is 2.11. The second-order valence-electron chi connectivity index (χ2n) is 3.35. The molecule has 4 nitrogen and oxygen atoms in total. The minimum atomic E-state index is 0.418. The topological polar surface area (TPSA) is 55.0 Å². The molecule has 1 aromatic heterocycles. The molecule has 2 rings (SSSR count). The molecule has 0 unspecified atom stereocenters. The van der Waals surface area contributed by atoms with Gasteiger partial charge in [0, 0.05) is 13.0 Å². The lowest BCUT2D eigenvalue weighted by atomic mass is 10.4. The van der Waals surface area contributed by atoms with Crippen LogP contribution in [-0.4, -0.2) is 33.9 Å². The van der Waals surface area contributed by atoms with Crippen molar-refractivity contribution in [2.75, 3.05) is 25.4 Å². The summed E-state index contributed by atoms with van der Waals surface area (Å²) in [5.74, 6) is 0.418. The Morgan fingerprint density at radius 2 is 2.15 bits per heavy atom. The van der Waals surface area contributed by atoms with Crippen LogP contribution in [0.15, 0.2) is 0 Å². The van der Waals surface area contributed by atoms with Crippen molar-refractivity contribution in [2.45, 2.75) is 19.3 Å². The zero-order chi connectivity index (χ0) is 9.10. The van der Waals surface area contributed by atoms with E-state index < -0.39 is 0 Å². The first-order chi connectivity index (χ1) is 6.34. The predicted octanol–water partition coefficient (Wildman–Crippen LogP) is 0.759. The van der Waals surface area contributed by atoms with Crippen molar-refractivity contribution < 1.29 is 0 Å². The van der Waals surface area contributed by atoms with Crippen molar-refractivity contribution in [1.29, 1.82) is 0 Å². The molecule has 0 aromatic carbocycles. The summed E-state index contributed by atoms with van der Waals surface area (Å²) in [6, 6.07) is 0. The normalized spacial score (nSPS) is 18.2. The molecule has 0 amide bonds. The summed E-state index contributed by atoms with van der Waals surface area (Å²) in [7, 11) is 0. The molecule has 2 heterocycles. The van der Waals surface area contributed by atoms with Crippen molar-refractivity contribution in [3.63, 3.8) is 0 Å². The number of nitrogens with two attached hydrogens (primary N) is 1. The molecule has 0 atom stereocenters.